The predicted octanol–water partition coefficient (Wildman–Crippen LogP) is 0.622. The van der Waals surface area contributed by atoms with Crippen LogP contribution in [-0.4, -0.2) is 23.0 Å². The highest BCUT2D eigenvalue weighted by atomic mass is 16.4. The quantitative estimate of drug-likeness (QED) is 0.617. The first kappa shape index (κ1) is 8.04. The normalized spacial score (nSPS) is 28.8. The van der Waals surface area contributed by atoms with E-state index in [-0.39, 0.29) is 17.7 Å². The molecule has 0 atom stereocenters. The van der Waals surface area contributed by atoms with E-state index < -0.39 is 6.09 Å². The van der Waals surface area contributed by atoms with Crippen molar-refractivity contribution in [1.82, 2.24) is 5.32 Å². The molecular formula is C7H11NO3. The minimum absolute atomic E-state index is 0.00130. The molecule has 1 rings (SSSR count). The molecule has 1 aliphatic carbocycles. The number of carbonyl (C=O) groups excluding carboxylic acids is 1. The Labute approximate surface area is 64.6 Å². The molecule has 0 heterocycles. The third kappa shape index (κ3) is 1.93. The number of carboxylic acid groups (broad SMARTS) is 1. The minimum Gasteiger partial charge on any atom is -0.465 e. The molecule has 11 heavy (non-hydrogen) atoms. The van der Waals surface area contributed by atoms with Crippen LogP contribution in [0, 0.1) is 5.92 Å². The van der Waals surface area contributed by atoms with E-state index in [1.807, 2.05) is 0 Å². The zero-order valence-electron chi connectivity index (χ0n) is 6.33. The van der Waals surface area contributed by atoms with Crippen molar-refractivity contribution >= 4 is 11.9 Å². The number of carbonyl (C=O) groups is 2. The summed E-state index contributed by atoms with van der Waals surface area (Å²) in [5, 5.41) is 10.6. The van der Waals surface area contributed by atoms with Gasteiger partial charge in [0.15, 0.2) is 0 Å². The van der Waals surface area contributed by atoms with Crippen LogP contribution in [0.5, 0.6) is 0 Å². The Bertz CT molecular complexity index is 184. The fourth-order valence-corrected chi connectivity index (χ4v) is 1.24. The Morgan fingerprint density at radius 3 is 2.36 bits per heavy atom. The molecule has 1 aliphatic rings. The molecule has 0 aromatic rings. The first-order valence-corrected chi connectivity index (χ1v) is 3.59. The average Bonchev–Trinajstić information content (AvgIpc) is 1.75. The smallest absolute Gasteiger partial charge is 0.404 e. The van der Waals surface area contributed by atoms with Crippen molar-refractivity contribution in [1.29, 1.82) is 0 Å². The van der Waals surface area contributed by atoms with Crippen molar-refractivity contribution < 1.29 is 14.7 Å². The van der Waals surface area contributed by atoms with E-state index in [4.69, 9.17) is 5.11 Å². The van der Waals surface area contributed by atoms with Gasteiger partial charge in [-0.05, 0) is 19.8 Å². The average molecular weight is 157 g/mol. The lowest BCUT2D eigenvalue weighted by Gasteiger charge is -2.32. The molecule has 0 unspecified atom stereocenters. The van der Waals surface area contributed by atoms with Crippen molar-refractivity contribution in [3.63, 3.8) is 0 Å². The van der Waals surface area contributed by atoms with Crippen LogP contribution in [0.3, 0.4) is 0 Å². The maximum atomic E-state index is 10.7. The number of rotatable bonds is 2. The molecule has 0 radical (unpaired) electrons. The summed E-state index contributed by atoms with van der Waals surface area (Å²) in [6.07, 6.45) is 0.334. The molecule has 0 bridgehead atoms. The highest BCUT2D eigenvalue weighted by Gasteiger charge is 2.32. The van der Waals surface area contributed by atoms with Crippen molar-refractivity contribution in [3.8, 4) is 0 Å². The number of Topliss-reactive ketones (excluding diaryl/α,β-unsaturated/α-hetero) is 1. The fraction of sp³-hybridized carbons (Fsp3) is 0.714. The summed E-state index contributed by atoms with van der Waals surface area (Å²) in [5.74, 6) is 0.250. The van der Waals surface area contributed by atoms with Gasteiger partial charge in [-0.2, -0.15) is 0 Å². The Hall–Kier alpha value is -1.06. The number of hydrogen-bond acceptors (Lipinski definition) is 2. The maximum absolute atomic E-state index is 10.7. The highest BCUT2D eigenvalue weighted by Crippen LogP contribution is 2.27. The van der Waals surface area contributed by atoms with Gasteiger partial charge < -0.3 is 10.4 Å². The van der Waals surface area contributed by atoms with Gasteiger partial charge in [-0.25, -0.2) is 4.79 Å². The Kier molecular flexibility index (Phi) is 2.12. The second-order valence-corrected chi connectivity index (χ2v) is 2.93. The van der Waals surface area contributed by atoms with Gasteiger partial charge in [0.05, 0.1) is 0 Å². The summed E-state index contributed by atoms with van der Waals surface area (Å²) < 4.78 is 0. The lowest BCUT2D eigenvalue weighted by atomic mass is 9.78. The third-order valence-corrected chi connectivity index (χ3v) is 2.04. The Morgan fingerprint density at radius 1 is 1.45 bits per heavy atom. The van der Waals surface area contributed by atoms with Gasteiger partial charge >= 0.3 is 6.09 Å². The van der Waals surface area contributed by atoms with E-state index in [9.17, 15) is 9.59 Å². The molecular weight excluding hydrogens is 146 g/mol. The van der Waals surface area contributed by atoms with Gasteiger partial charge in [0, 0.05) is 12.0 Å². The molecule has 1 amide bonds. The predicted molar refractivity (Wildman–Crippen MR) is 38.4 cm³/mol. The molecule has 1 saturated carbocycles. The van der Waals surface area contributed by atoms with E-state index in [0.717, 1.165) is 0 Å². The van der Waals surface area contributed by atoms with E-state index in [2.05, 4.69) is 5.32 Å². The summed E-state index contributed by atoms with van der Waals surface area (Å²) in [6, 6.07) is 0.00130. The van der Waals surface area contributed by atoms with Crippen LogP contribution in [0.4, 0.5) is 4.79 Å². The number of hydrogen-bond donors (Lipinski definition) is 2. The first-order chi connectivity index (χ1) is 5.09. The van der Waals surface area contributed by atoms with Crippen molar-refractivity contribution in [2.45, 2.75) is 25.8 Å². The van der Waals surface area contributed by atoms with Crippen molar-refractivity contribution in [2.24, 2.45) is 5.92 Å². The minimum atomic E-state index is -1.00. The number of ketones is 1. The molecule has 4 heteroatoms. The summed E-state index contributed by atoms with van der Waals surface area (Å²) in [4.78, 5) is 20.8. The SMILES string of the molecule is CC(=O)C1CC(NC(=O)O)C1. The van der Waals surface area contributed by atoms with Gasteiger partial charge in [-0.3, -0.25) is 4.79 Å². The van der Waals surface area contributed by atoms with E-state index in [0.29, 0.717) is 12.8 Å². The topological polar surface area (TPSA) is 66.4 Å². The molecule has 62 valence electrons. The molecule has 1 fully saturated rings. The molecule has 0 saturated heterocycles. The van der Waals surface area contributed by atoms with Crippen LogP contribution in [0.15, 0.2) is 0 Å². The molecule has 0 aromatic carbocycles. The summed E-state index contributed by atoms with van der Waals surface area (Å²) in [5.41, 5.74) is 0. The monoisotopic (exact) mass is 157 g/mol. The molecule has 4 nitrogen and oxygen atoms in total. The van der Waals surface area contributed by atoms with Gasteiger partial charge in [0.25, 0.3) is 0 Å². The third-order valence-electron chi connectivity index (χ3n) is 2.04. The van der Waals surface area contributed by atoms with Gasteiger partial charge in [0.2, 0.25) is 0 Å². The Morgan fingerprint density at radius 2 is 2.00 bits per heavy atom. The standard InChI is InChI=1S/C7H11NO3/c1-4(9)5-2-6(3-5)8-7(10)11/h5-6,8H,2-3H2,1H3,(H,10,11). The van der Waals surface area contributed by atoms with E-state index >= 15 is 0 Å². The van der Waals surface area contributed by atoms with Crippen molar-refractivity contribution in [2.75, 3.05) is 0 Å². The zero-order chi connectivity index (χ0) is 8.43. The summed E-state index contributed by atoms with van der Waals surface area (Å²) in [6.45, 7) is 1.54. The summed E-state index contributed by atoms with van der Waals surface area (Å²) in [7, 11) is 0. The lowest BCUT2D eigenvalue weighted by Crippen LogP contribution is -2.45. The number of amides is 1. The number of nitrogens with one attached hydrogen (secondary N) is 1. The van der Waals surface area contributed by atoms with Gasteiger partial charge in [-0.1, -0.05) is 0 Å². The van der Waals surface area contributed by atoms with Crippen LogP contribution in [0.1, 0.15) is 19.8 Å². The maximum Gasteiger partial charge on any atom is 0.404 e. The van der Waals surface area contributed by atoms with Crippen LogP contribution in [-0.2, 0) is 4.79 Å². The van der Waals surface area contributed by atoms with E-state index in [1.165, 1.54) is 0 Å². The second kappa shape index (κ2) is 2.90. The largest absolute Gasteiger partial charge is 0.465 e. The first-order valence-electron chi connectivity index (χ1n) is 3.59. The van der Waals surface area contributed by atoms with E-state index in [1.54, 1.807) is 6.92 Å². The van der Waals surface area contributed by atoms with Gasteiger partial charge in [-0.15, -0.1) is 0 Å². The molecule has 0 aromatic heterocycles. The lowest BCUT2D eigenvalue weighted by molar-refractivity contribution is -0.123. The van der Waals surface area contributed by atoms with Crippen LogP contribution in [0.25, 0.3) is 0 Å². The molecule has 0 spiro atoms. The van der Waals surface area contributed by atoms with Gasteiger partial charge in [0.1, 0.15) is 5.78 Å². The van der Waals surface area contributed by atoms with Crippen molar-refractivity contribution in [3.05, 3.63) is 0 Å². The zero-order valence-corrected chi connectivity index (χ0v) is 6.33. The van der Waals surface area contributed by atoms with Crippen LogP contribution in [0.2, 0.25) is 0 Å². The second-order valence-electron chi connectivity index (χ2n) is 2.93. The molecule has 0 aliphatic heterocycles. The summed E-state index contributed by atoms with van der Waals surface area (Å²) >= 11 is 0. The van der Waals surface area contributed by atoms with Crippen LogP contribution >= 0.6 is 0 Å². The fourth-order valence-electron chi connectivity index (χ4n) is 1.24. The molecule has 2 N–H and O–H groups in total. The Balaban J connectivity index is 2.19. The highest BCUT2D eigenvalue weighted by molar-refractivity contribution is 5.79. The van der Waals surface area contributed by atoms with Crippen LogP contribution < -0.4 is 5.32 Å².